The van der Waals surface area contributed by atoms with Crippen molar-refractivity contribution in [2.75, 3.05) is 53.6 Å². The van der Waals surface area contributed by atoms with Crippen LogP contribution in [0, 0.1) is 12.8 Å². The highest BCUT2D eigenvalue weighted by atomic mass is 16.5. The van der Waals surface area contributed by atoms with Gasteiger partial charge in [-0.15, -0.1) is 0 Å². The van der Waals surface area contributed by atoms with Crippen LogP contribution in [-0.2, 0) is 17.7 Å². The lowest BCUT2D eigenvalue weighted by Crippen LogP contribution is -2.40. The van der Waals surface area contributed by atoms with E-state index in [1.807, 2.05) is 7.05 Å². The number of nitrogens with one attached hydrogen (secondary N) is 2. The number of aliphatic imine (C=N–C) groups is 1. The van der Waals surface area contributed by atoms with Gasteiger partial charge < -0.3 is 25.0 Å². The summed E-state index contributed by atoms with van der Waals surface area (Å²) in [6.45, 7) is 8.25. The van der Waals surface area contributed by atoms with Gasteiger partial charge in [-0.3, -0.25) is 4.99 Å². The maximum Gasteiger partial charge on any atom is 0.191 e. The van der Waals surface area contributed by atoms with E-state index in [0.29, 0.717) is 25.7 Å². The molecule has 0 saturated carbocycles. The lowest BCUT2D eigenvalue weighted by molar-refractivity contribution is 0.145. The van der Waals surface area contributed by atoms with Crippen molar-refractivity contribution in [3.8, 4) is 5.75 Å². The van der Waals surface area contributed by atoms with Gasteiger partial charge in [-0.2, -0.15) is 0 Å². The van der Waals surface area contributed by atoms with Gasteiger partial charge in [0.25, 0.3) is 0 Å². The lowest BCUT2D eigenvalue weighted by atomic mass is 10.1. The number of benzene rings is 2. The maximum atomic E-state index is 5.90. The van der Waals surface area contributed by atoms with Gasteiger partial charge in [-0.1, -0.05) is 42.5 Å². The molecule has 2 aromatic carbocycles. The average molecular weight is 439 g/mol. The number of aryl methyl sites for hydroxylation is 1. The second-order valence-electron chi connectivity index (χ2n) is 8.45. The van der Waals surface area contributed by atoms with Crippen LogP contribution < -0.4 is 15.4 Å². The molecule has 0 radical (unpaired) electrons. The van der Waals surface area contributed by atoms with Crippen molar-refractivity contribution >= 4 is 5.96 Å². The first-order chi connectivity index (χ1) is 15.7. The smallest absolute Gasteiger partial charge is 0.191 e. The summed E-state index contributed by atoms with van der Waals surface area (Å²) in [6.07, 6.45) is 2.35. The highest BCUT2D eigenvalue weighted by Crippen LogP contribution is 2.20. The van der Waals surface area contributed by atoms with E-state index in [2.05, 4.69) is 76.0 Å². The molecule has 6 heteroatoms. The number of rotatable bonds is 11. The molecule has 1 unspecified atom stereocenters. The average Bonchev–Trinajstić information content (AvgIpc) is 3.27. The first-order valence-electron chi connectivity index (χ1n) is 11.6. The van der Waals surface area contributed by atoms with Crippen molar-refractivity contribution in [2.24, 2.45) is 10.9 Å². The van der Waals surface area contributed by atoms with Crippen molar-refractivity contribution in [3.63, 3.8) is 0 Å². The monoisotopic (exact) mass is 438 g/mol. The molecule has 2 N–H and O–H groups in total. The predicted molar refractivity (Wildman–Crippen MR) is 131 cm³/mol. The Labute approximate surface area is 193 Å². The number of methoxy groups -OCH3 is 1. The molecule has 0 spiro atoms. The Balaban J connectivity index is 1.41. The Hall–Kier alpha value is -2.57. The predicted octanol–water partition coefficient (Wildman–Crippen LogP) is 3.25. The largest absolute Gasteiger partial charge is 0.491 e. The lowest BCUT2D eigenvalue weighted by Gasteiger charge is -2.18. The molecule has 1 atom stereocenters. The van der Waals surface area contributed by atoms with Crippen molar-refractivity contribution in [2.45, 2.75) is 26.3 Å². The summed E-state index contributed by atoms with van der Waals surface area (Å²) in [5.41, 5.74) is 3.71. The van der Waals surface area contributed by atoms with E-state index in [4.69, 9.17) is 9.47 Å². The zero-order valence-corrected chi connectivity index (χ0v) is 19.8. The molecular weight excluding hydrogens is 400 g/mol. The van der Waals surface area contributed by atoms with Crippen LogP contribution in [0.25, 0.3) is 0 Å². The zero-order chi connectivity index (χ0) is 22.6. The number of hydrogen-bond donors (Lipinski definition) is 2. The summed E-state index contributed by atoms with van der Waals surface area (Å²) in [5, 5.41) is 6.94. The van der Waals surface area contributed by atoms with E-state index in [1.54, 1.807) is 7.11 Å². The number of guanidine groups is 1. The molecule has 0 bridgehead atoms. The van der Waals surface area contributed by atoms with E-state index in [0.717, 1.165) is 43.3 Å². The first kappa shape index (κ1) is 24.1. The van der Waals surface area contributed by atoms with Gasteiger partial charge in [-0.25, -0.2) is 0 Å². The molecule has 3 rings (SSSR count). The molecule has 0 amide bonds. The third-order valence-electron chi connectivity index (χ3n) is 5.93. The summed E-state index contributed by atoms with van der Waals surface area (Å²) in [7, 11) is 3.51. The molecule has 1 aliphatic heterocycles. The fourth-order valence-electron chi connectivity index (χ4n) is 4.03. The standard InChI is InChI=1S/C26H38N4O2/c1-21-9-10-24(25(17-21)32-16-15-31-3)19-29-26(27-2)28-18-23-12-14-30(20-23)13-11-22-7-5-4-6-8-22/h4-10,17,23H,11-16,18-20H2,1-3H3,(H2,27,28,29). The van der Waals surface area contributed by atoms with Crippen LogP contribution in [0.4, 0.5) is 0 Å². The fourth-order valence-corrected chi connectivity index (χ4v) is 4.03. The first-order valence-corrected chi connectivity index (χ1v) is 11.6. The van der Waals surface area contributed by atoms with Crippen LogP contribution in [0.5, 0.6) is 5.75 Å². The highest BCUT2D eigenvalue weighted by molar-refractivity contribution is 5.79. The van der Waals surface area contributed by atoms with Crippen LogP contribution in [0.15, 0.2) is 53.5 Å². The van der Waals surface area contributed by atoms with Crippen LogP contribution >= 0.6 is 0 Å². The molecule has 0 aromatic heterocycles. The van der Waals surface area contributed by atoms with Crippen LogP contribution in [0.1, 0.15) is 23.1 Å². The molecule has 174 valence electrons. The number of hydrogen-bond acceptors (Lipinski definition) is 4. The third-order valence-corrected chi connectivity index (χ3v) is 5.93. The topological polar surface area (TPSA) is 58.1 Å². The van der Waals surface area contributed by atoms with E-state index < -0.39 is 0 Å². The van der Waals surface area contributed by atoms with Crippen molar-refractivity contribution < 1.29 is 9.47 Å². The van der Waals surface area contributed by atoms with Gasteiger partial charge in [0.1, 0.15) is 12.4 Å². The van der Waals surface area contributed by atoms with Crippen molar-refractivity contribution in [1.29, 1.82) is 0 Å². The molecule has 32 heavy (non-hydrogen) atoms. The van der Waals surface area contributed by atoms with Crippen molar-refractivity contribution in [3.05, 3.63) is 65.2 Å². The minimum atomic E-state index is 0.544. The van der Waals surface area contributed by atoms with E-state index >= 15 is 0 Å². The van der Waals surface area contributed by atoms with Crippen LogP contribution in [0.2, 0.25) is 0 Å². The molecule has 6 nitrogen and oxygen atoms in total. The minimum Gasteiger partial charge on any atom is -0.491 e. The van der Waals surface area contributed by atoms with Crippen LogP contribution in [-0.4, -0.2) is 64.4 Å². The molecule has 1 fully saturated rings. The SMILES string of the molecule is CN=C(NCc1ccc(C)cc1OCCOC)NCC1CCN(CCc2ccccc2)C1. The third kappa shape index (κ3) is 7.84. The van der Waals surface area contributed by atoms with Gasteiger partial charge in [0.05, 0.1) is 6.61 Å². The summed E-state index contributed by atoms with van der Waals surface area (Å²) < 4.78 is 11.0. The Bertz CT molecular complexity index is 841. The van der Waals surface area contributed by atoms with Gasteiger partial charge in [0.2, 0.25) is 0 Å². The second-order valence-corrected chi connectivity index (χ2v) is 8.45. The summed E-state index contributed by atoms with van der Waals surface area (Å²) in [6, 6.07) is 17.0. The second kappa shape index (κ2) is 13.1. The van der Waals surface area contributed by atoms with E-state index in [1.165, 1.54) is 24.1 Å². The minimum absolute atomic E-state index is 0.544. The summed E-state index contributed by atoms with van der Waals surface area (Å²) in [4.78, 5) is 6.98. The molecule has 2 aromatic rings. The van der Waals surface area contributed by atoms with Crippen molar-refractivity contribution in [1.82, 2.24) is 15.5 Å². The van der Waals surface area contributed by atoms with Gasteiger partial charge >= 0.3 is 0 Å². The van der Waals surface area contributed by atoms with Gasteiger partial charge in [0.15, 0.2) is 5.96 Å². The Morgan fingerprint density at radius 1 is 1.12 bits per heavy atom. The van der Waals surface area contributed by atoms with Gasteiger partial charge in [-0.05, 0) is 49.4 Å². The van der Waals surface area contributed by atoms with Crippen LogP contribution in [0.3, 0.4) is 0 Å². The number of ether oxygens (including phenoxy) is 2. The summed E-state index contributed by atoms with van der Waals surface area (Å²) in [5.74, 6) is 2.38. The highest BCUT2D eigenvalue weighted by Gasteiger charge is 2.22. The number of likely N-dealkylation sites (tertiary alicyclic amines) is 1. The maximum absolute atomic E-state index is 5.90. The number of nitrogens with zero attached hydrogens (tertiary/aromatic N) is 2. The Morgan fingerprint density at radius 2 is 1.97 bits per heavy atom. The summed E-state index contributed by atoms with van der Waals surface area (Å²) >= 11 is 0. The fraction of sp³-hybridized carbons (Fsp3) is 0.500. The van der Waals surface area contributed by atoms with E-state index in [-0.39, 0.29) is 0 Å². The molecular formula is C26H38N4O2. The molecule has 0 aliphatic carbocycles. The Morgan fingerprint density at radius 3 is 2.75 bits per heavy atom. The normalized spacial score (nSPS) is 16.8. The Kier molecular flexibility index (Phi) is 9.85. The molecule has 1 aliphatic rings. The zero-order valence-electron chi connectivity index (χ0n) is 19.8. The molecule has 1 saturated heterocycles. The van der Waals surface area contributed by atoms with E-state index in [9.17, 15) is 0 Å². The van der Waals surface area contributed by atoms with Gasteiger partial charge in [0, 0.05) is 45.9 Å². The quantitative estimate of drug-likeness (QED) is 0.320. The molecule has 1 heterocycles.